The van der Waals surface area contributed by atoms with Crippen LogP contribution in [0.5, 0.6) is 17.2 Å². The van der Waals surface area contributed by atoms with Crippen molar-refractivity contribution in [1.82, 2.24) is 10.3 Å². The monoisotopic (exact) mass is 288 g/mol. The summed E-state index contributed by atoms with van der Waals surface area (Å²) < 4.78 is 10.6. The normalized spacial score (nSPS) is 12.0. The molecule has 0 aliphatic rings. The first kappa shape index (κ1) is 15.1. The van der Waals surface area contributed by atoms with Crippen molar-refractivity contribution in [1.29, 1.82) is 0 Å². The Morgan fingerprint density at radius 2 is 2.00 bits per heavy atom. The molecule has 0 saturated carbocycles. The zero-order valence-corrected chi connectivity index (χ0v) is 12.5. The Bertz CT molecular complexity index is 585. The number of methoxy groups -OCH3 is 2. The van der Waals surface area contributed by atoms with Crippen molar-refractivity contribution in [2.75, 3.05) is 14.2 Å². The molecule has 0 spiro atoms. The third-order valence-electron chi connectivity index (χ3n) is 3.30. The topological polar surface area (TPSA) is 63.6 Å². The van der Waals surface area contributed by atoms with Crippen LogP contribution in [0.3, 0.4) is 0 Å². The van der Waals surface area contributed by atoms with Gasteiger partial charge in [-0.3, -0.25) is 4.98 Å². The molecule has 1 unspecified atom stereocenters. The van der Waals surface area contributed by atoms with Crippen molar-refractivity contribution < 1.29 is 14.6 Å². The number of hydrogen-bond donors (Lipinski definition) is 2. The molecule has 5 nitrogen and oxygen atoms in total. The predicted octanol–water partition coefficient (Wildman–Crippen LogP) is 2.66. The summed E-state index contributed by atoms with van der Waals surface area (Å²) >= 11 is 0. The van der Waals surface area contributed by atoms with Crippen LogP contribution in [0.2, 0.25) is 0 Å². The second-order valence-corrected chi connectivity index (χ2v) is 4.72. The highest BCUT2D eigenvalue weighted by Crippen LogP contribution is 2.29. The number of aromatic nitrogens is 1. The van der Waals surface area contributed by atoms with E-state index in [1.165, 1.54) is 6.20 Å². The van der Waals surface area contributed by atoms with Crippen LogP contribution >= 0.6 is 0 Å². The van der Waals surface area contributed by atoms with Crippen molar-refractivity contribution in [3.05, 3.63) is 47.8 Å². The number of aromatic hydroxyl groups is 1. The highest BCUT2D eigenvalue weighted by molar-refractivity contribution is 5.42. The van der Waals surface area contributed by atoms with Crippen LogP contribution in [0, 0.1) is 0 Å². The minimum atomic E-state index is 0.0747. The van der Waals surface area contributed by atoms with Gasteiger partial charge in [-0.2, -0.15) is 0 Å². The number of benzene rings is 1. The highest BCUT2D eigenvalue weighted by atomic mass is 16.5. The Labute approximate surface area is 124 Å². The van der Waals surface area contributed by atoms with E-state index in [1.807, 2.05) is 18.2 Å². The Morgan fingerprint density at radius 3 is 2.62 bits per heavy atom. The van der Waals surface area contributed by atoms with E-state index in [0.717, 1.165) is 22.8 Å². The SMILES string of the molecule is COc1ccc(OC)c(C(C)NCc2ccc(O)cn2)c1. The molecule has 2 rings (SSSR count). The van der Waals surface area contributed by atoms with Crippen LogP contribution in [0.15, 0.2) is 36.5 Å². The predicted molar refractivity (Wildman–Crippen MR) is 80.7 cm³/mol. The fourth-order valence-corrected chi connectivity index (χ4v) is 2.07. The largest absolute Gasteiger partial charge is 0.506 e. The van der Waals surface area contributed by atoms with E-state index in [0.29, 0.717) is 6.54 Å². The Balaban J connectivity index is 2.08. The lowest BCUT2D eigenvalue weighted by Gasteiger charge is -2.18. The van der Waals surface area contributed by atoms with Gasteiger partial charge in [0.25, 0.3) is 0 Å². The van der Waals surface area contributed by atoms with Gasteiger partial charge in [-0.25, -0.2) is 0 Å². The average molecular weight is 288 g/mol. The molecule has 0 bridgehead atoms. The van der Waals surface area contributed by atoms with Crippen LogP contribution in [0.25, 0.3) is 0 Å². The smallest absolute Gasteiger partial charge is 0.133 e. The van der Waals surface area contributed by atoms with E-state index in [9.17, 15) is 5.11 Å². The Morgan fingerprint density at radius 1 is 1.19 bits per heavy atom. The van der Waals surface area contributed by atoms with Gasteiger partial charge in [0.15, 0.2) is 0 Å². The molecule has 1 atom stereocenters. The summed E-state index contributed by atoms with van der Waals surface area (Å²) in [6, 6.07) is 9.21. The van der Waals surface area contributed by atoms with Gasteiger partial charge in [-0.15, -0.1) is 0 Å². The number of rotatable bonds is 6. The van der Waals surface area contributed by atoms with Crippen molar-refractivity contribution in [3.8, 4) is 17.2 Å². The number of nitrogens with one attached hydrogen (secondary N) is 1. The molecule has 21 heavy (non-hydrogen) atoms. The van der Waals surface area contributed by atoms with Crippen LogP contribution in [0.4, 0.5) is 0 Å². The van der Waals surface area contributed by atoms with Crippen LogP contribution in [-0.2, 0) is 6.54 Å². The number of nitrogens with zero attached hydrogens (tertiary/aromatic N) is 1. The van der Waals surface area contributed by atoms with Crippen molar-refractivity contribution in [2.24, 2.45) is 0 Å². The Kier molecular flexibility index (Phi) is 5.00. The molecule has 112 valence electrons. The fraction of sp³-hybridized carbons (Fsp3) is 0.312. The van der Waals surface area contributed by atoms with Gasteiger partial charge in [0.05, 0.1) is 26.1 Å². The van der Waals surface area contributed by atoms with Crippen molar-refractivity contribution in [2.45, 2.75) is 19.5 Å². The molecule has 0 aliphatic heterocycles. The van der Waals surface area contributed by atoms with E-state index >= 15 is 0 Å². The summed E-state index contributed by atoms with van der Waals surface area (Å²) in [5.41, 5.74) is 1.89. The lowest BCUT2D eigenvalue weighted by atomic mass is 10.1. The summed E-state index contributed by atoms with van der Waals surface area (Å²) in [6.07, 6.45) is 1.44. The van der Waals surface area contributed by atoms with E-state index in [2.05, 4.69) is 17.2 Å². The van der Waals surface area contributed by atoms with Crippen molar-refractivity contribution in [3.63, 3.8) is 0 Å². The maximum absolute atomic E-state index is 9.22. The second-order valence-electron chi connectivity index (χ2n) is 4.72. The minimum Gasteiger partial charge on any atom is -0.506 e. The molecule has 0 radical (unpaired) electrons. The second kappa shape index (κ2) is 6.95. The summed E-state index contributed by atoms with van der Waals surface area (Å²) in [4.78, 5) is 4.15. The third-order valence-corrected chi connectivity index (χ3v) is 3.30. The molecule has 0 saturated heterocycles. The Hall–Kier alpha value is -2.27. The quantitative estimate of drug-likeness (QED) is 0.855. The minimum absolute atomic E-state index is 0.0747. The van der Waals surface area contributed by atoms with Crippen LogP contribution in [0.1, 0.15) is 24.2 Å². The molecule has 5 heteroatoms. The zero-order chi connectivity index (χ0) is 15.2. The van der Waals surface area contributed by atoms with Crippen molar-refractivity contribution >= 4 is 0 Å². The first-order valence-electron chi connectivity index (χ1n) is 6.73. The average Bonchev–Trinajstić information content (AvgIpc) is 2.53. The molecule has 2 aromatic rings. The van der Waals surface area contributed by atoms with E-state index in [-0.39, 0.29) is 11.8 Å². The summed E-state index contributed by atoms with van der Waals surface area (Å²) in [7, 11) is 3.30. The van der Waals surface area contributed by atoms with Gasteiger partial charge in [0.1, 0.15) is 17.2 Å². The van der Waals surface area contributed by atoms with Gasteiger partial charge >= 0.3 is 0 Å². The zero-order valence-electron chi connectivity index (χ0n) is 12.5. The molecule has 1 aromatic carbocycles. The molecule has 1 heterocycles. The number of ether oxygens (including phenoxy) is 2. The third kappa shape index (κ3) is 3.86. The number of hydrogen-bond acceptors (Lipinski definition) is 5. The van der Waals surface area contributed by atoms with E-state index in [4.69, 9.17) is 9.47 Å². The van der Waals surface area contributed by atoms with Gasteiger partial charge in [0.2, 0.25) is 0 Å². The van der Waals surface area contributed by atoms with Gasteiger partial charge in [-0.1, -0.05) is 0 Å². The summed E-state index contributed by atoms with van der Waals surface area (Å²) in [5, 5.41) is 12.6. The standard InChI is InChI=1S/C16H20N2O3/c1-11(17-9-12-4-5-13(19)10-18-12)15-8-14(20-2)6-7-16(15)21-3/h4-8,10-11,17,19H,9H2,1-3H3. The molecule has 0 fully saturated rings. The van der Waals surface area contributed by atoms with Gasteiger partial charge < -0.3 is 19.9 Å². The summed E-state index contributed by atoms with van der Waals surface area (Å²) in [6.45, 7) is 2.65. The van der Waals surface area contributed by atoms with Gasteiger partial charge in [0, 0.05) is 18.2 Å². The molecular weight excluding hydrogens is 268 g/mol. The van der Waals surface area contributed by atoms with E-state index < -0.39 is 0 Å². The van der Waals surface area contributed by atoms with Gasteiger partial charge in [-0.05, 0) is 37.3 Å². The summed E-state index contributed by atoms with van der Waals surface area (Å²) in [5.74, 6) is 1.78. The van der Waals surface area contributed by atoms with Crippen LogP contribution < -0.4 is 14.8 Å². The van der Waals surface area contributed by atoms with E-state index in [1.54, 1.807) is 26.4 Å². The maximum Gasteiger partial charge on any atom is 0.133 e. The molecule has 0 amide bonds. The fourth-order valence-electron chi connectivity index (χ4n) is 2.07. The molecular formula is C16H20N2O3. The molecule has 1 aromatic heterocycles. The number of pyridine rings is 1. The lowest BCUT2D eigenvalue weighted by molar-refractivity contribution is 0.391. The highest BCUT2D eigenvalue weighted by Gasteiger charge is 2.12. The maximum atomic E-state index is 9.22. The first-order valence-corrected chi connectivity index (χ1v) is 6.73. The lowest BCUT2D eigenvalue weighted by Crippen LogP contribution is -2.19. The first-order chi connectivity index (χ1) is 10.1. The molecule has 2 N–H and O–H groups in total. The van der Waals surface area contributed by atoms with Crippen LogP contribution in [-0.4, -0.2) is 24.3 Å². The molecule has 0 aliphatic carbocycles.